The lowest BCUT2D eigenvalue weighted by Gasteiger charge is -2.20. The molecule has 0 spiro atoms. The van der Waals surface area contributed by atoms with E-state index in [1.165, 1.54) is 0 Å². The van der Waals surface area contributed by atoms with E-state index in [0.717, 1.165) is 38.2 Å². The highest BCUT2D eigenvalue weighted by atomic mass is 16.5. The first-order valence-electron chi connectivity index (χ1n) is 11.0. The van der Waals surface area contributed by atoms with Gasteiger partial charge in [-0.3, -0.25) is 4.79 Å². The zero-order valence-electron chi connectivity index (χ0n) is 18.3. The number of rotatable bonds is 15. The topological polar surface area (TPSA) is 61.8 Å². The summed E-state index contributed by atoms with van der Waals surface area (Å²) in [5.41, 5.74) is 1.67. The molecule has 5 heteroatoms. The molecule has 0 aromatic heterocycles. The van der Waals surface area contributed by atoms with Crippen molar-refractivity contribution in [3.63, 3.8) is 0 Å². The third kappa shape index (κ3) is 8.76. The minimum absolute atomic E-state index is 0.0566. The number of carbonyl (C=O) groups excluding carboxylic acids is 1. The fourth-order valence-corrected chi connectivity index (χ4v) is 3.37. The molecular formula is C25H36N2O3. The Kier molecular flexibility index (Phi) is 11.3. The lowest BCUT2D eigenvalue weighted by Crippen LogP contribution is -2.36. The van der Waals surface area contributed by atoms with Gasteiger partial charge in [-0.2, -0.15) is 0 Å². The van der Waals surface area contributed by atoms with Gasteiger partial charge in [-0.25, -0.2) is 0 Å². The minimum atomic E-state index is -0.652. The number of benzene rings is 2. The number of carbonyl (C=O) groups is 1. The zero-order chi connectivity index (χ0) is 21.6. The molecule has 2 atom stereocenters. The van der Waals surface area contributed by atoms with Crippen molar-refractivity contribution in [3.8, 4) is 0 Å². The summed E-state index contributed by atoms with van der Waals surface area (Å²) in [4.78, 5) is 15.3. The molecule has 0 aliphatic carbocycles. The number of aliphatic hydroxyl groups is 1. The predicted octanol–water partition coefficient (Wildman–Crippen LogP) is 3.18. The maximum atomic E-state index is 13.0. The first-order valence-corrected chi connectivity index (χ1v) is 11.0. The van der Waals surface area contributed by atoms with Gasteiger partial charge >= 0.3 is 0 Å². The van der Waals surface area contributed by atoms with Crippen molar-refractivity contribution in [2.45, 2.75) is 38.9 Å². The van der Waals surface area contributed by atoms with E-state index in [-0.39, 0.29) is 12.4 Å². The molecular weight excluding hydrogens is 376 g/mol. The predicted molar refractivity (Wildman–Crippen MR) is 122 cm³/mol. The largest absolute Gasteiger partial charge is 0.389 e. The van der Waals surface area contributed by atoms with Gasteiger partial charge in [0, 0.05) is 18.5 Å². The Labute approximate surface area is 181 Å². The molecule has 0 aliphatic rings. The van der Waals surface area contributed by atoms with Crippen LogP contribution in [0.5, 0.6) is 0 Å². The highest BCUT2D eigenvalue weighted by Gasteiger charge is 2.22. The van der Waals surface area contributed by atoms with Crippen molar-refractivity contribution in [2.24, 2.45) is 0 Å². The Bertz CT molecular complexity index is 705. The number of nitrogens with one attached hydrogen (secondary N) is 1. The summed E-state index contributed by atoms with van der Waals surface area (Å²) >= 11 is 0. The van der Waals surface area contributed by atoms with Crippen LogP contribution < -0.4 is 5.32 Å². The lowest BCUT2D eigenvalue weighted by molar-refractivity contribution is -0.00168. The van der Waals surface area contributed by atoms with Gasteiger partial charge in [0.2, 0.25) is 0 Å². The second-order valence-electron chi connectivity index (χ2n) is 7.48. The van der Waals surface area contributed by atoms with E-state index in [1.807, 2.05) is 48.5 Å². The van der Waals surface area contributed by atoms with Gasteiger partial charge in [-0.15, -0.1) is 0 Å². The molecule has 2 aromatic rings. The molecule has 2 unspecified atom stereocenters. The summed E-state index contributed by atoms with van der Waals surface area (Å²) in [6.07, 6.45) is 0.254. The van der Waals surface area contributed by atoms with Crippen molar-refractivity contribution in [1.82, 2.24) is 10.2 Å². The van der Waals surface area contributed by atoms with Crippen molar-refractivity contribution in [2.75, 3.05) is 39.3 Å². The Hall–Kier alpha value is -2.05. The molecule has 30 heavy (non-hydrogen) atoms. The monoisotopic (exact) mass is 412 g/mol. The number of ether oxygens (including phenoxy) is 1. The second kappa shape index (κ2) is 14.0. The van der Waals surface area contributed by atoms with Crippen molar-refractivity contribution in [3.05, 3.63) is 71.8 Å². The van der Waals surface area contributed by atoms with E-state index in [4.69, 9.17) is 4.74 Å². The Morgan fingerprint density at radius 1 is 1.03 bits per heavy atom. The van der Waals surface area contributed by atoms with Crippen LogP contribution in [-0.4, -0.2) is 67.3 Å². The van der Waals surface area contributed by atoms with Crippen LogP contribution in [0.2, 0.25) is 0 Å². The molecule has 5 nitrogen and oxygen atoms in total. The summed E-state index contributed by atoms with van der Waals surface area (Å²) in [5, 5.41) is 13.6. The summed E-state index contributed by atoms with van der Waals surface area (Å²) in [6.45, 7) is 8.94. The van der Waals surface area contributed by atoms with Crippen LogP contribution in [-0.2, 0) is 11.2 Å². The first kappa shape index (κ1) is 24.2. The molecule has 0 saturated heterocycles. The summed E-state index contributed by atoms with van der Waals surface area (Å²) in [6, 6.07) is 19.0. The quantitative estimate of drug-likeness (QED) is 0.348. The fraction of sp³-hybridized carbons (Fsp3) is 0.480. The van der Waals surface area contributed by atoms with E-state index in [0.29, 0.717) is 18.5 Å². The maximum absolute atomic E-state index is 13.0. The Morgan fingerprint density at radius 3 is 2.30 bits per heavy atom. The van der Waals surface area contributed by atoms with Gasteiger partial charge in [0.15, 0.2) is 5.78 Å². The molecule has 0 radical (unpaired) electrons. The molecule has 0 aliphatic heterocycles. The SMILES string of the molecule is CCN(CC)CCCNCC(O)COC(Cc1ccccc1)C(=O)c1ccccc1. The summed E-state index contributed by atoms with van der Waals surface area (Å²) in [5.74, 6) is -0.0566. The number of nitrogens with zero attached hydrogens (tertiary/aromatic N) is 1. The van der Waals surface area contributed by atoms with E-state index in [9.17, 15) is 9.90 Å². The maximum Gasteiger partial charge on any atom is 0.191 e. The van der Waals surface area contributed by atoms with E-state index >= 15 is 0 Å². The van der Waals surface area contributed by atoms with Gasteiger partial charge < -0.3 is 20.1 Å². The number of hydrogen-bond acceptors (Lipinski definition) is 5. The van der Waals surface area contributed by atoms with Crippen molar-refractivity contribution in [1.29, 1.82) is 0 Å². The third-order valence-electron chi connectivity index (χ3n) is 5.21. The minimum Gasteiger partial charge on any atom is -0.389 e. The zero-order valence-corrected chi connectivity index (χ0v) is 18.3. The highest BCUT2D eigenvalue weighted by molar-refractivity contribution is 5.99. The van der Waals surface area contributed by atoms with Crippen LogP contribution in [0, 0.1) is 0 Å². The normalized spacial score (nSPS) is 13.3. The van der Waals surface area contributed by atoms with E-state index < -0.39 is 12.2 Å². The molecule has 2 rings (SSSR count). The second-order valence-corrected chi connectivity index (χ2v) is 7.48. The Morgan fingerprint density at radius 2 is 1.67 bits per heavy atom. The summed E-state index contributed by atoms with van der Waals surface area (Å²) in [7, 11) is 0. The average Bonchev–Trinajstić information content (AvgIpc) is 2.79. The van der Waals surface area contributed by atoms with Gasteiger partial charge in [0.25, 0.3) is 0 Å². The van der Waals surface area contributed by atoms with E-state index in [2.05, 4.69) is 24.1 Å². The van der Waals surface area contributed by atoms with Crippen LogP contribution in [0.25, 0.3) is 0 Å². The molecule has 0 fully saturated rings. The highest BCUT2D eigenvalue weighted by Crippen LogP contribution is 2.13. The molecule has 164 valence electrons. The van der Waals surface area contributed by atoms with Crippen LogP contribution in [0.15, 0.2) is 60.7 Å². The molecule has 0 saturated carbocycles. The lowest BCUT2D eigenvalue weighted by atomic mass is 10.00. The fourth-order valence-electron chi connectivity index (χ4n) is 3.37. The molecule has 0 bridgehead atoms. The summed E-state index contributed by atoms with van der Waals surface area (Å²) < 4.78 is 5.91. The van der Waals surface area contributed by atoms with Gasteiger partial charge in [-0.1, -0.05) is 74.5 Å². The molecule has 2 N–H and O–H groups in total. The number of ketones is 1. The van der Waals surface area contributed by atoms with Crippen LogP contribution in [0.3, 0.4) is 0 Å². The standard InChI is InChI=1S/C25H36N2O3/c1-3-27(4-2)17-11-16-26-19-23(28)20-30-24(18-21-12-7-5-8-13-21)25(29)22-14-9-6-10-15-22/h5-10,12-15,23-24,26,28H,3-4,11,16-20H2,1-2H3. The third-order valence-corrected chi connectivity index (χ3v) is 5.21. The number of hydrogen-bond donors (Lipinski definition) is 2. The van der Waals surface area contributed by atoms with Crippen LogP contribution >= 0.6 is 0 Å². The van der Waals surface area contributed by atoms with Crippen LogP contribution in [0.4, 0.5) is 0 Å². The number of Topliss-reactive ketones (excluding diaryl/α,β-unsaturated/α-hetero) is 1. The Balaban J connectivity index is 1.82. The van der Waals surface area contributed by atoms with E-state index in [1.54, 1.807) is 12.1 Å². The van der Waals surface area contributed by atoms with Crippen molar-refractivity contribution >= 4 is 5.78 Å². The average molecular weight is 413 g/mol. The van der Waals surface area contributed by atoms with Crippen LogP contribution in [0.1, 0.15) is 36.2 Å². The number of aliphatic hydroxyl groups excluding tert-OH is 1. The van der Waals surface area contributed by atoms with Gasteiger partial charge in [0.1, 0.15) is 6.10 Å². The van der Waals surface area contributed by atoms with Gasteiger partial charge in [-0.05, 0) is 38.2 Å². The molecule has 0 amide bonds. The smallest absolute Gasteiger partial charge is 0.191 e. The first-order chi connectivity index (χ1) is 14.6. The van der Waals surface area contributed by atoms with Gasteiger partial charge in [0.05, 0.1) is 12.7 Å². The van der Waals surface area contributed by atoms with Crippen molar-refractivity contribution < 1.29 is 14.6 Å². The molecule has 2 aromatic carbocycles. The molecule has 0 heterocycles.